The molecule has 1 N–H and O–H groups in total. The topological polar surface area (TPSA) is 50.8 Å². The fraction of sp³-hybridized carbons (Fsp3) is 0.500. The average molecular weight is 264 g/mol. The van der Waals surface area contributed by atoms with Crippen molar-refractivity contribution in [2.75, 3.05) is 33.4 Å². The van der Waals surface area contributed by atoms with E-state index in [-0.39, 0.29) is 12.1 Å². The number of hydrogen-bond donors (Lipinski definition) is 1. The molecule has 1 aliphatic heterocycles. The monoisotopic (exact) mass is 264 g/mol. The number of methoxy groups -OCH3 is 1. The number of rotatable bonds is 4. The molecule has 5 heteroatoms. The van der Waals surface area contributed by atoms with Crippen molar-refractivity contribution in [2.24, 2.45) is 0 Å². The summed E-state index contributed by atoms with van der Waals surface area (Å²) < 4.78 is 10.4. The lowest BCUT2D eigenvalue weighted by molar-refractivity contribution is 0.0720. The van der Waals surface area contributed by atoms with E-state index < -0.39 is 0 Å². The van der Waals surface area contributed by atoms with Crippen LogP contribution in [0.1, 0.15) is 5.56 Å². The Morgan fingerprint density at radius 2 is 2.21 bits per heavy atom. The van der Waals surface area contributed by atoms with E-state index in [0.29, 0.717) is 26.3 Å². The van der Waals surface area contributed by atoms with Gasteiger partial charge in [-0.2, -0.15) is 0 Å². The van der Waals surface area contributed by atoms with E-state index in [0.717, 1.165) is 12.1 Å². The van der Waals surface area contributed by atoms with Gasteiger partial charge >= 0.3 is 6.09 Å². The summed E-state index contributed by atoms with van der Waals surface area (Å²) in [4.78, 5) is 13.7. The fourth-order valence-corrected chi connectivity index (χ4v) is 2.11. The molecule has 1 atom stereocenters. The van der Waals surface area contributed by atoms with Gasteiger partial charge in [0, 0.05) is 32.8 Å². The van der Waals surface area contributed by atoms with Crippen molar-refractivity contribution in [1.82, 2.24) is 10.2 Å². The largest absolute Gasteiger partial charge is 0.445 e. The number of nitrogens with zero attached hydrogens (tertiary/aromatic N) is 1. The molecular weight excluding hydrogens is 244 g/mol. The van der Waals surface area contributed by atoms with Crippen LogP contribution >= 0.6 is 0 Å². The Bertz CT molecular complexity index is 395. The molecule has 0 saturated carbocycles. The first-order valence-corrected chi connectivity index (χ1v) is 6.47. The molecule has 5 nitrogen and oxygen atoms in total. The zero-order valence-electron chi connectivity index (χ0n) is 11.2. The summed E-state index contributed by atoms with van der Waals surface area (Å²) >= 11 is 0. The maximum atomic E-state index is 12.0. The Labute approximate surface area is 113 Å². The zero-order chi connectivity index (χ0) is 13.5. The van der Waals surface area contributed by atoms with Gasteiger partial charge in [0.2, 0.25) is 0 Å². The third kappa shape index (κ3) is 4.22. The van der Waals surface area contributed by atoms with Crippen LogP contribution in [0.3, 0.4) is 0 Å². The van der Waals surface area contributed by atoms with Crippen LogP contribution < -0.4 is 5.32 Å². The molecule has 0 aromatic heterocycles. The minimum Gasteiger partial charge on any atom is -0.445 e. The summed E-state index contributed by atoms with van der Waals surface area (Å²) in [6.07, 6.45) is -0.258. The van der Waals surface area contributed by atoms with Gasteiger partial charge in [-0.05, 0) is 5.56 Å². The molecule has 1 heterocycles. The van der Waals surface area contributed by atoms with Gasteiger partial charge in [-0.15, -0.1) is 0 Å². The summed E-state index contributed by atoms with van der Waals surface area (Å²) in [5.41, 5.74) is 0.999. The molecule has 1 fully saturated rings. The fourth-order valence-electron chi connectivity index (χ4n) is 2.11. The highest BCUT2D eigenvalue weighted by Crippen LogP contribution is 2.06. The average Bonchev–Trinajstić information content (AvgIpc) is 2.46. The van der Waals surface area contributed by atoms with Gasteiger partial charge in [0.05, 0.1) is 6.61 Å². The molecule has 1 unspecified atom stereocenters. The number of carbonyl (C=O) groups excluding carboxylic acids is 1. The van der Waals surface area contributed by atoms with Gasteiger partial charge in [-0.25, -0.2) is 4.79 Å². The molecule has 2 rings (SSSR count). The van der Waals surface area contributed by atoms with Crippen LogP contribution in [-0.2, 0) is 16.1 Å². The van der Waals surface area contributed by atoms with Crippen molar-refractivity contribution < 1.29 is 14.3 Å². The zero-order valence-corrected chi connectivity index (χ0v) is 11.2. The van der Waals surface area contributed by atoms with E-state index >= 15 is 0 Å². The number of hydrogen-bond acceptors (Lipinski definition) is 4. The molecule has 1 aliphatic rings. The lowest BCUT2D eigenvalue weighted by atomic mass is 10.2. The third-order valence-electron chi connectivity index (χ3n) is 3.09. The van der Waals surface area contributed by atoms with E-state index in [1.165, 1.54) is 0 Å². The highest BCUT2D eigenvalue weighted by molar-refractivity contribution is 5.67. The molecule has 1 amide bonds. The van der Waals surface area contributed by atoms with E-state index in [1.807, 2.05) is 30.3 Å². The second-order valence-electron chi connectivity index (χ2n) is 4.59. The number of carbonyl (C=O) groups is 1. The number of piperazine rings is 1. The van der Waals surface area contributed by atoms with Crippen LogP contribution in [-0.4, -0.2) is 50.4 Å². The van der Waals surface area contributed by atoms with Crippen LogP contribution in [0, 0.1) is 0 Å². The maximum Gasteiger partial charge on any atom is 0.410 e. The molecule has 104 valence electrons. The van der Waals surface area contributed by atoms with E-state index in [2.05, 4.69) is 5.32 Å². The van der Waals surface area contributed by atoms with Crippen molar-refractivity contribution in [2.45, 2.75) is 12.6 Å². The minimum absolute atomic E-state index is 0.183. The van der Waals surface area contributed by atoms with Gasteiger partial charge in [0.15, 0.2) is 0 Å². The first-order valence-electron chi connectivity index (χ1n) is 6.47. The van der Waals surface area contributed by atoms with Crippen molar-refractivity contribution in [3.8, 4) is 0 Å². The van der Waals surface area contributed by atoms with Gasteiger partial charge in [0.1, 0.15) is 6.61 Å². The normalized spacial score (nSPS) is 19.2. The van der Waals surface area contributed by atoms with Crippen LogP contribution in [0.15, 0.2) is 30.3 Å². The Hall–Kier alpha value is -1.59. The summed E-state index contributed by atoms with van der Waals surface area (Å²) in [5, 5.41) is 3.30. The van der Waals surface area contributed by atoms with Gasteiger partial charge in [0.25, 0.3) is 0 Å². The maximum absolute atomic E-state index is 12.0. The van der Waals surface area contributed by atoms with Crippen LogP contribution in [0.4, 0.5) is 4.79 Å². The molecule has 1 saturated heterocycles. The Kier molecular flexibility index (Phi) is 5.18. The van der Waals surface area contributed by atoms with Gasteiger partial charge in [-0.1, -0.05) is 30.3 Å². The quantitative estimate of drug-likeness (QED) is 0.889. The molecule has 0 bridgehead atoms. The molecule has 0 spiro atoms. The highest BCUT2D eigenvalue weighted by atomic mass is 16.6. The number of amides is 1. The standard InChI is InChI=1S/C14H20N2O3/c1-18-11-13-9-16(8-7-15-13)14(17)19-10-12-5-3-2-4-6-12/h2-6,13,15H,7-11H2,1H3. The summed E-state index contributed by atoms with van der Waals surface area (Å²) in [6, 6.07) is 9.88. The third-order valence-corrected chi connectivity index (χ3v) is 3.09. The summed E-state index contributed by atoms with van der Waals surface area (Å²) in [7, 11) is 1.66. The number of nitrogens with one attached hydrogen (secondary N) is 1. The Morgan fingerprint density at radius 1 is 1.42 bits per heavy atom. The van der Waals surface area contributed by atoms with E-state index in [4.69, 9.17) is 9.47 Å². The minimum atomic E-state index is -0.258. The van der Waals surface area contributed by atoms with Crippen molar-refractivity contribution >= 4 is 6.09 Å². The van der Waals surface area contributed by atoms with Gasteiger partial charge in [-0.3, -0.25) is 0 Å². The van der Waals surface area contributed by atoms with Crippen molar-refractivity contribution in [3.63, 3.8) is 0 Å². The number of benzene rings is 1. The number of ether oxygens (including phenoxy) is 2. The van der Waals surface area contributed by atoms with E-state index in [1.54, 1.807) is 12.0 Å². The van der Waals surface area contributed by atoms with Crippen molar-refractivity contribution in [3.05, 3.63) is 35.9 Å². The van der Waals surface area contributed by atoms with Gasteiger partial charge < -0.3 is 19.7 Å². The molecular formula is C14H20N2O3. The van der Waals surface area contributed by atoms with Crippen molar-refractivity contribution in [1.29, 1.82) is 0 Å². The smallest absolute Gasteiger partial charge is 0.410 e. The first kappa shape index (κ1) is 13.8. The Morgan fingerprint density at radius 3 is 2.95 bits per heavy atom. The lowest BCUT2D eigenvalue weighted by Crippen LogP contribution is -2.54. The SMILES string of the molecule is COCC1CN(C(=O)OCc2ccccc2)CCN1. The molecule has 1 aromatic rings. The van der Waals surface area contributed by atoms with Crippen LogP contribution in [0.2, 0.25) is 0 Å². The second kappa shape index (κ2) is 7.11. The van der Waals surface area contributed by atoms with Crippen LogP contribution in [0.25, 0.3) is 0 Å². The van der Waals surface area contributed by atoms with E-state index in [9.17, 15) is 4.79 Å². The highest BCUT2D eigenvalue weighted by Gasteiger charge is 2.23. The molecule has 0 aliphatic carbocycles. The van der Waals surface area contributed by atoms with Crippen LogP contribution in [0.5, 0.6) is 0 Å². The molecule has 0 radical (unpaired) electrons. The second-order valence-corrected chi connectivity index (χ2v) is 4.59. The first-order chi connectivity index (χ1) is 9.29. The predicted molar refractivity (Wildman–Crippen MR) is 71.9 cm³/mol. The summed E-state index contributed by atoms with van der Waals surface area (Å²) in [5.74, 6) is 0. The molecule has 19 heavy (non-hydrogen) atoms. The predicted octanol–water partition coefficient (Wildman–Crippen LogP) is 1.24. The Balaban J connectivity index is 1.79. The lowest BCUT2D eigenvalue weighted by Gasteiger charge is -2.32. The molecule has 1 aromatic carbocycles. The summed E-state index contributed by atoms with van der Waals surface area (Å²) in [6.45, 7) is 2.99.